The minimum atomic E-state index is -0.315. The van der Waals surface area contributed by atoms with Crippen LogP contribution in [0.1, 0.15) is 49.9 Å². The first-order chi connectivity index (χ1) is 16.4. The topological polar surface area (TPSA) is 36.9 Å². The third-order valence-electron chi connectivity index (χ3n) is 5.82. The maximum atomic E-state index is 6.27. The van der Waals surface area contributed by atoms with Crippen LogP contribution in [0.15, 0.2) is 66.7 Å². The lowest BCUT2D eigenvalue weighted by Crippen LogP contribution is -2.27. The summed E-state index contributed by atoms with van der Waals surface area (Å²) in [5, 5.41) is 0. The lowest BCUT2D eigenvalue weighted by Gasteiger charge is -2.30. The highest BCUT2D eigenvalue weighted by Gasteiger charge is 2.27. The van der Waals surface area contributed by atoms with Crippen molar-refractivity contribution in [2.24, 2.45) is 0 Å². The molecule has 4 heteroatoms. The van der Waals surface area contributed by atoms with E-state index < -0.39 is 0 Å². The average molecular weight is 455 g/mol. The third-order valence-corrected chi connectivity index (χ3v) is 5.82. The Morgan fingerprint density at radius 3 is 2.62 bits per heavy atom. The van der Waals surface area contributed by atoms with Crippen LogP contribution < -0.4 is 18.9 Å². The Kier molecular flexibility index (Phi) is 5.82. The van der Waals surface area contributed by atoms with Crippen molar-refractivity contribution >= 4 is 17.7 Å². The first-order valence-electron chi connectivity index (χ1n) is 11.7. The van der Waals surface area contributed by atoms with Crippen LogP contribution in [0.2, 0.25) is 0 Å². The molecule has 0 aromatic heterocycles. The summed E-state index contributed by atoms with van der Waals surface area (Å²) in [6, 6.07) is 20.3. The monoisotopic (exact) mass is 454 g/mol. The van der Waals surface area contributed by atoms with Crippen LogP contribution in [0.5, 0.6) is 23.0 Å². The molecule has 0 bridgehead atoms. The van der Waals surface area contributed by atoms with E-state index in [0.29, 0.717) is 13.2 Å². The summed E-state index contributed by atoms with van der Waals surface area (Å²) < 4.78 is 24.6. The summed E-state index contributed by atoms with van der Waals surface area (Å²) in [6.07, 6.45) is 6.39. The molecule has 0 N–H and O–H groups in total. The van der Waals surface area contributed by atoms with Gasteiger partial charge in [0.25, 0.3) is 0 Å². The Hall–Kier alpha value is -3.66. The molecule has 4 nitrogen and oxygen atoms in total. The number of benzene rings is 3. The zero-order valence-electron chi connectivity index (χ0n) is 20.1. The fourth-order valence-electron chi connectivity index (χ4n) is 4.21. The Labute approximate surface area is 201 Å². The Bertz CT molecular complexity index is 1250. The molecule has 2 heterocycles. The highest BCUT2D eigenvalue weighted by molar-refractivity contribution is 5.90. The molecule has 0 fully saturated rings. The summed E-state index contributed by atoms with van der Waals surface area (Å²) in [6.45, 7) is 9.13. The van der Waals surface area contributed by atoms with Crippen LogP contribution in [0.4, 0.5) is 0 Å². The van der Waals surface area contributed by atoms with Gasteiger partial charge in [0.1, 0.15) is 41.8 Å². The van der Waals surface area contributed by atoms with Gasteiger partial charge in [0.2, 0.25) is 0 Å². The van der Waals surface area contributed by atoms with Gasteiger partial charge in [-0.05, 0) is 75.8 Å². The van der Waals surface area contributed by atoms with Gasteiger partial charge in [-0.15, -0.1) is 0 Å². The van der Waals surface area contributed by atoms with E-state index in [1.807, 2.05) is 64.1 Å². The van der Waals surface area contributed by atoms with E-state index in [0.717, 1.165) is 50.8 Å². The van der Waals surface area contributed by atoms with Gasteiger partial charge in [-0.25, -0.2) is 0 Å². The molecular formula is C30H30O4. The molecular weight excluding hydrogens is 424 g/mol. The van der Waals surface area contributed by atoms with Crippen molar-refractivity contribution in [3.63, 3.8) is 0 Å². The van der Waals surface area contributed by atoms with Gasteiger partial charge in [-0.1, -0.05) is 30.3 Å². The predicted molar refractivity (Wildman–Crippen MR) is 137 cm³/mol. The van der Waals surface area contributed by atoms with Crippen molar-refractivity contribution in [1.82, 2.24) is 0 Å². The van der Waals surface area contributed by atoms with Gasteiger partial charge in [0.05, 0.1) is 11.7 Å². The highest BCUT2D eigenvalue weighted by atomic mass is 16.5. The van der Waals surface area contributed by atoms with Crippen LogP contribution in [-0.2, 0) is 6.61 Å². The third kappa shape index (κ3) is 4.67. The smallest absolute Gasteiger partial charge is 0.137 e. The Morgan fingerprint density at radius 2 is 1.82 bits per heavy atom. The summed E-state index contributed by atoms with van der Waals surface area (Å²) in [4.78, 5) is 0. The van der Waals surface area contributed by atoms with Gasteiger partial charge in [-0.3, -0.25) is 0 Å². The van der Waals surface area contributed by atoms with E-state index in [2.05, 4.69) is 42.5 Å². The number of hydrogen-bond acceptors (Lipinski definition) is 4. The van der Waals surface area contributed by atoms with Crippen LogP contribution in [0.3, 0.4) is 0 Å². The zero-order chi connectivity index (χ0) is 23.7. The second-order valence-electron chi connectivity index (χ2n) is 9.49. The molecule has 0 radical (unpaired) electrons. The lowest BCUT2D eigenvalue weighted by molar-refractivity contribution is 0.158. The number of hydrogen-bond donors (Lipinski definition) is 0. The molecule has 0 amide bonds. The number of fused-ring (bicyclic) bond motifs is 3. The van der Waals surface area contributed by atoms with Crippen molar-refractivity contribution < 1.29 is 18.9 Å². The summed E-state index contributed by atoms with van der Waals surface area (Å²) >= 11 is 0. The fourth-order valence-corrected chi connectivity index (χ4v) is 4.21. The van der Waals surface area contributed by atoms with Crippen LogP contribution in [0, 0.1) is 0 Å². The molecule has 174 valence electrons. The minimum Gasteiger partial charge on any atom is -0.490 e. The molecule has 34 heavy (non-hydrogen) atoms. The Morgan fingerprint density at radius 1 is 1.00 bits per heavy atom. The quantitative estimate of drug-likeness (QED) is 0.396. The molecule has 3 aromatic carbocycles. The van der Waals surface area contributed by atoms with E-state index in [9.17, 15) is 0 Å². The second kappa shape index (κ2) is 8.94. The van der Waals surface area contributed by atoms with Crippen molar-refractivity contribution in [2.75, 3.05) is 6.61 Å². The van der Waals surface area contributed by atoms with Crippen molar-refractivity contribution in [3.05, 3.63) is 89.0 Å². The van der Waals surface area contributed by atoms with Gasteiger partial charge in [0, 0.05) is 22.8 Å². The minimum absolute atomic E-state index is 0.0400. The largest absolute Gasteiger partial charge is 0.490 e. The zero-order valence-corrected chi connectivity index (χ0v) is 20.1. The molecule has 0 aliphatic carbocycles. The van der Waals surface area contributed by atoms with Crippen LogP contribution in [0.25, 0.3) is 17.7 Å². The van der Waals surface area contributed by atoms with Gasteiger partial charge < -0.3 is 18.9 Å². The van der Waals surface area contributed by atoms with Crippen LogP contribution in [-0.4, -0.2) is 18.3 Å². The maximum Gasteiger partial charge on any atom is 0.137 e. The van der Waals surface area contributed by atoms with E-state index >= 15 is 0 Å². The van der Waals surface area contributed by atoms with Crippen molar-refractivity contribution in [1.29, 1.82) is 0 Å². The van der Waals surface area contributed by atoms with E-state index in [1.54, 1.807) is 0 Å². The standard InChI is InChI=1S/C30H30O4/c1-20(2)33-28-17-24(31-18-21-8-6-5-7-9-21)11-12-25(28)23-16-22-10-13-27-26(29(22)32-19-23)14-15-30(3,4)34-27/h5-17,20H,18-19H2,1-4H3. The normalized spacial score (nSPS) is 15.5. The van der Waals surface area contributed by atoms with Gasteiger partial charge >= 0.3 is 0 Å². The van der Waals surface area contributed by atoms with E-state index in [1.165, 1.54) is 0 Å². The number of rotatable bonds is 6. The van der Waals surface area contributed by atoms with Gasteiger partial charge in [0.15, 0.2) is 0 Å². The average Bonchev–Trinajstić information content (AvgIpc) is 2.82. The molecule has 5 rings (SSSR count). The van der Waals surface area contributed by atoms with Gasteiger partial charge in [-0.2, -0.15) is 0 Å². The molecule has 0 saturated carbocycles. The highest BCUT2D eigenvalue weighted by Crippen LogP contribution is 2.43. The molecule has 2 aliphatic heterocycles. The first kappa shape index (κ1) is 22.1. The van der Waals surface area contributed by atoms with Crippen molar-refractivity contribution in [2.45, 2.75) is 46.0 Å². The van der Waals surface area contributed by atoms with E-state index in [4.69, 9.17) is 18.9 Å². The molecule has 0 saturated heterocycles. The second-order valence-corrected chi connectivity index (χ2v) is 9.49. The molecule has 0 unspecified atom stereocenters. The summed E-state index contributed by atoms with van der Waals surface area (Å²) in [7, 11) is 0. The first-order valence-corrected chi connectivity index (χ1v) is 11.7. The van der Waals surface area contributed by atoms with E-state index in [-0.39, 0.29) is 11.7 Å². The molecule has 0 atom stereocenters. The Balaban J connectivity index is 1.44. The molecule has 2 aliphatic rings. The summed E-state index contributed by atoms with van der Waals surface area (Å²) in [5.41, 5.74) is 4.92. The summed E-state index contributed by atoms with van der Waals surface area (Å²) in [5.74, 6) is 3.29. The SMILES string of the molecule is CC(C)Oc1cc(OCc2ccccc2)ccc1C1=Cc2ccc3c(c2OC1)C=CC(C)(C)O3. The lowest BCUT2D eigenvalue weighted by atomic mass is 9.95. The predicted octanol–water partition coefficient (Wildman–Crippen LogP) is 7.17. The van der Waals surface area contributed by atoms with Crippen molar-refractivity contribution in [3.8, 4) is 23.0 Å². The maximum absolute atomic E-state index is 6.27. The molecule has 3 aromatic rings. The number of ether oxygens (including phenoxy) is 4. The molecule has 0 spiro atoms. The fraction of sp³-hybridized carbons (Fsp3) is 0.267. The van der Waals surface area contributed by atoms with Crippen LogP contribution >= 0.6 is 0 Å².